The molecule has 0 fully saturated rings. The van der Waals surface area contributed by atoms with Crippen LogP contribution in [0.25, 0.3) is 49.7 Å². The normalized spacial score (nSPS) is 11.6. The van der Waals surface area contributed by atoms with Gasteiger partial charge in [0.1, 0.15) is 5.65 Å². The van der Waals surface area contributed by atoms with Crippen LogP contribution in [0.1, 0.15) is 0 Å². The fourth-order valence-corrected chi connectivity index (χ4v) is 4.09. The first-order chi connectivity index (χ1) is 13.9. The lowest BCUT2D eigenvalue weighted by atomic mass is 10.1. The zero-order valence-electron chi connectivity index (χ0n) is 15.1. The van der Waals surface area contributed by atoms with Crippen LogP contribution in [0.3, 0.4) is 0 Å². The first-order valence-electron chi connectivity index (χ1n) is 9.41. The average Bonchev–Trinajstić information content (AvgIpc) is 3.36. The Morgan fingerprint density at radius 2 is 1.46 bits per heavy atom. The summed E-state index contributed by atoms with van der Waals surface area (Å²) in [6.45, 7) is 0. The van der Waals surface area contributed by atoms with Gasteiger partial charge in [-0.15, -0.1) is 0 Å². The topological polar surface area (TPSA) is 33.6 Å². The monoisotopic (exact) mass is 359 g/mol. The molecule has 0 atom stereocenters. The molecule has 0 spiro atoms. The van der Waals surface area contributed by atoms with Crippen molar-refractivity contribution in [1.29, 1.82) is 0 Å². The summed E-state index contributed by atoms with van der Waals surface area (Å²) in [5, 5.41) is 3.59. The maximum Gasteiger partial charge on any atom is 0.138 e. The second-order valence-corrected chi connectivity index (χ2v) is 7.04. The molecule has 3 heteroatoms. The van der Waals surface area contributed by atoms with E-state index in [9.17, 15) is 0 Å². The highest BCUT2D eigenvalue weighted by Gasteiger charge is 2.11. The van der Waals surface area contributed by atoms with E-state index in [1.54, 1.807) is 0 Å². The van der Waals surface area contributed by atoms with Crippen LogP contribution in [-0.2, 0) is 0 Å². The SMILES string of the molecule is c1ccc(-c2ccc(-n3ccc4c5[nH]c6ncccc6c5ccc43)cc2)cc1. The lowest BCUT2D eigenvalue weighted by Crippen LogP contribution is -1.91. The van der Waals surface area contributed by atoms with Gasteiger partial charge < -0.3 is 9.55 Å². The number of rotatable bonds is 2. The minimum Gasteiger partial charge on any atom is -0.339 e. The summed E-state index contributed by atoms with van der Waals surface area (Å²) >= 11 is 0. The minimum atomic E-state index is 0.935. The highest BCUT2D eigenvalue weighted by molar-refractivity contribution is 6.16. The Labute approximate surface area is 161 Å². The molecule has 3 heterocycles. The van der Waals surface area contributed by atoms with Crippen molar-refractivity contribution in [3.05, 3.63) is 97.3 Å². The predicted molar refractivity (Wildman–Crippen MR) is 116 cm³/mol. The van der Waals surface area contributed by atoms with Crippen molar-refractivity contribution < 1.29 is 0 Å². The van der Waals surface area contributed by atoms with Crippen molar-refractivity contribution in [2.45, 2.75) is 0 Å². The van der Waals surface area contributed by atoms with E-state index in [1.807, 2.05) is 18.3 Å². The molecule has 0 saturated heterocycles. The number of hydrogen-bond acceptors (Lipinski definition) is 1. The van der Waals surface area contributed by atoms with Gasteiger partial charge in [0, 0.05) is 34.2 Å². The van der Waals surface area contributed by atoms with Gasteiger partial charge in [0.2, 0.25) is 0 Å². The van der Waals surface area contributed by atoms with Crippen molar-refractivity contribution in [2.24, 2.45) is 0 Å². The highest BCUT2D eigenvalue weighted by Crippen LogP contribution is 2.32. The molecular formula is C25H17N3. The number of aromatic amines is 1. The molecule has 28 heavy (non-hydrogen) atoms. The van der Waals surface area contributed by atoms with E-state index < -0.39 is 0 Å². The largest absolute Gasteiger partial charge is 0.339 e. The fourth-order valence-electron chi connectivity index (χ4n) is 4.09. The van der Waals surface area contributed by atoms with Gasteiger partial charge in [-0.25, -0.2) is 4.98 Å². The lowest BCUT2D eigenvalue weighted by molar-refractivity contribution is 1.13. The van der Waals surface area contributed by atoms with E-state index in [0.717, 1.165) is 16.9 Å². The van der Waals surface area contributed by atoms with Crippen LogP contribution in [0.4, 0.5) is 0 Å². The van der Waals surface area contributed by atoms with Crippen LogP contribution in [0.15, 0.2) is 97.3 Å². The van der Waals surface area contributed by atoms with Crippen molar-refractivity contribution >= 4 is 32.8 Å². The molecular weight excluding hydrogens is 342 g/mol. The molecule has 6 aromatic rings. The van der Waals surface area contributed by atoms with Gasteiger partial charge in [-0.1, -0.05) is 48.5 Å². The number of hydrogen-bond donors (Lipinski definition) is 1. The zero-order valence-corrected chi connectivity index (χ0v) is 15.1. The molecule has 0 aliphatic heterocycles. The average molecular weight is 359 g/mol. The number of benzene rings is 3. The first-order valence-corrected chi connectivity index (χ1v) is 9.41. The zero-order chi connectivity index (χ0) is 18.5. The summed E-state index contributed by atoms with van der Waals surface area (Å²) in [5.74, 6) is 0. The number of H-pyrrole nitrogens is 1. The van der Waals surface area contributed by atoms with Crippen LogP contribution in [0.5, 0.6) is 0 Å². The summed E-state index contributed by atoms with van der Waals surface area (Å²) in [7, 11) is 0. The van der Waals surface area contributed by atoms with E-state index in [-0.39, 0.29) is 0 Å². The minimum absolute atomic E-state index is 0.935. The molecule has 3 nitrogen and oxygen atoms in total. The predicted octanol–water partition coefficient (Wildman–Crippen LogP) is 6.33. The van der Waals surface area contributed by atoms with Gasteiger partial charge in [-0.3, -0.25) is 0 Å². The van der Waals surface area contributed by atoms with E-state index >= 15 is 0 Å². The van der Waals surface area contributed by atoms with Gasteiger partial charge in [0.05, 0.1) is 11.0 Å². The van der Waals surface area contributed by atoms with E-state index in [4.69, 9.17) is 0 Å². The van der Waals surface area contributed by atoms with Gasteiger partial charge in [0.25, 0.3) is 0 Å². The number of nitrogens with zero attached hydrogens (tertiary/aromatic N) is 2. The number of nitrogens with one attached hydrogen (secondary N) is 1. The molecule has 132 valence electrons. The van der Waals surface area contributed by atoms with Crippen molar-refractivity contribution in [3.63, 3.8) is 0 Å². The van der Waals surface area contributed by atoms with Crippen molar-refractivity contribution in [3.8, 4) is 16.8 Å². The van der Waals surface area contributed by atoms with Gasteiger partial charge in [0.15, 0.2) is 0 Å². The van der Waals surface area contributed by atoms with Gasteiger partial charge in [-0.05, 0) is 47.5 Å². The van der Waals surface area contributed by atoms with E-state index in [1.165, 1.54) is 32.8 Å². The summed E-state index contributed by atoms with van der Waals surface area (Å²) in [5.41, 5.74) is 6.88. The Morgan fingerprint density at radius 1 is 0.643 bits per heavy atom. The molecule has 0 radical (unpaired) electrons. The van der Waals surface area contributed by atoms with Crippen LogP contribution < -0.4 is 0 Å². The quantitative estimate of drug-likeness (QED) is 0.385. The number of pyridine rings is 1. The highest BCUT2D eigenvalue weighted by atomic mass is 15.0. The third kappa shape index (κ3) is 2.20. The number of aromatic nitrogens is 3. The lowest BCUT2D eigenvalue weighted by Gasteiger charge is -2.08. The third-order valence-corrected chi connectivity index (χ3v) is 5.47. The summed E-state index contributed by atoms with van der Waals surface area (Å²) < 4.78 is 2.24. The van der Waals surface area contributed by atoms with Crippen LogP contribution in [0, 0.1) is 0 Å². The maximum atomic E-state index is 4.47. The smallest absolute Gasteiger partial charge is 0.138 e. The summed E-state index contributed by atoms with van der Waals surface area (Å²) in [6, 6.07) is 29.9. The first kappa shape index (κ1) is 15.2. The fraction of sp³-hybridized carbons (Fsp3) is 0. The molecule has 0 amide bonds. The Hall–Kier alpha value is -3.85. The van der Waals surface area contributed by atoms with Crippen LogP contribution in [0.2, 0.25) is 0 Å². The maximum absolute atomic E-state index is 4.47. The summed E-state index contributed by atoms with van der Waals surface area (Å²) in [4.78, 5) is 7.96. The number of fused-ring (bicyclic) bond motifs is 5. The molecule has 0 saturated carbocycles. The van der Waals surface area contributed by atoms with Crippen molar-refractivity contribution in [1.82, 2.24) is 14.5 Å². The third-order valence-electron chi connectivity index (χ3n) is 5.47. The molecule has 0 aliphatic carbocycles. The van der Waals surface area contributed by atoms with E-state index in [2.05, 4.69) is 93.5 Å². The Bertz CT molecular complexity index is 1440. The van der Waals surface area contributed by atoms with E-state index in [0.29, 0.717) is 0 Å². The Morgan fingerprint density at radius 3 is 2.32 bits per heavy atom. The molecule has 1 N–H and O–H groups in total. The van der Waals surface area contributed by atoms with Crippen LogP contribution >= 0.6 is 0 Å². The summed E-state index contributed by atoms with van der Waals surface area (Å²) in [6.07, 6.45) is 3.97. The van der Waals surface area contributed by atoms with Crippen LogP contribution in [-0.4, -0.2) is 14.5 Å². The second kappa shape index (κ2) is 5.83. The van der Waals surface area contributed by atoms with Gasteiger partial charge >= 0.3 is 0 Å². The molecule has 3 aromatic carbocycles. The van der Waals surface area contributed by atoms with Crippen molar-refractivity contribution in [2.75, 3.05) is 0 Å². The van der Waals surface area contributed by atoms with Gasteiger partial charge in [-0.2, -0.15) is 0 Å². The molecule has 0 bridgehead atoms. The standard InChI is InChI=1S/C25H17N3/c1-2-5-17(6-3-1)18-8-10-19(11-9-18)28-16-14-22-23(28)13-12-20-21-7-4-15-26-25(21)27-24(20)22/h1-16H,(H,26,27). The molecule has 3 aromatic heterocycles. The Balaban J connectivity index is 1.50. The molecule has 6 rings (SSSR count). The molecule has 0 aliphatic rings. The Kier molecular flexibility index (Phi) is 3.17. The molecule has 0 unspecified atom stereocenters. The second-order valence-electron chi connectivity index (χ2n) is 7.04.